The van der Waals surface area contributed by atoms with E-state index in [1.807, 2.05) is 16.2 Å². The number of carbonyl (C=O) groups is 1. The lowest BCUT2D eigenvalue weighted by molar-refractivity contribution is -0.130. The fourth-order valence-electron chi connectivity index (χ4n) is 4.48. The molecule has 1 aliphatic heterocycles. The van der Waals surface area contributed by atoms with Gasteiger partial charge in [-0.2, -0.15) is 0 Å². The van der Waals surface area contributed by atoms with Crippen LogP contribution in [0.15, 0.2) is 22.5 Å². The first kappa shape index (κ1) is 22.1. The molecule has 2 aliphatic rings. The van der Waals surface area contributed by atoms with Crippen LogP contribution in [0.4, 0.5) is 0 Å². The second-order valence-corrected chi connectivity index (χ2v) is 9.24. The zero-order valence-electron chi connectivity index (χ0n) is 18.1. The van der Waals surface area contributed by atoms with E-state index in [2.05, 4.69) is 40.0 Å². The third kappa shape index (κ3) is 6.19. The van der Waals surface area contributed by atoms with Crippen molar-refractivity contribution in [2.75, 3.05) is 52.4 Å². The van der Waals surface area contributed by atoms with Gasteiger partial charge in [0.25, 0.3) is 0 Å². The van der Waals surface area contributed by atoms with Gasteiger partial charge in [0, 0.05) is 63.0 Å². The van der Waals surface area contributed by atoms with Gasteiger partial charge < -0.3 is 15.5 Å². The van der Waals surface area contributed by atoms with Gasteiger partial charge in [-0.1, -0.05) is 25.3 Å². The minimum Gasteiger partial charge on any atom is -0.357 e. The Labute approximate surface area is 179 Å². The first-order chi connectivity index (χ1) is 14.1. The predicted octanol–water partition coefficient (Wildman–Crippen LogP) is 2.67. The molecule has 2 N–H and O–H groups in total. The van der Waals surface area contributed by atoms with Gasteiger partial charge in [-0.25, -0.2) is 0 Å². The van der Waals surface area contributed by atoms with Gasteiger partial charge in [0.15, 0.2) is 5.96 Å². The monoisotopic (exact) mass is 419 g/mol. The van der Waals surface area contributed by atoms with Crippen LogP contribution in [-0.2, 0) is 10.2 Å². The largest absolute Gasteiger partial charge is 0.357 e. The molecule has 2 fully saturated rings. The molecule has 1 saturated carbocycles. The van der Waals surface area contributed by atoms with E-state index in [9.17, 15) is 4.79 Å². The summed E-state index contributed by atoms with van der Waals surface area (Å²) in [6.07, 6.45) is 6.47. The highest BCUT2D eigenvalue weighted by atomic mass is 32.1. The average Bonchev–Trinajstić information content (AvgIpc) is 3.29. The molecule has 1 amide bonds. The Bertz CT molecular complexity index is 646. The molecule has 0 aromatic carbocycles. The normalized spacial score (nSPS) is 20.5. The Hall–Kier alpha value is -1.60. The van der Waals surface area contributed by atoms with Crippen molar-refractivity contribution < 1.29 is 4.79 Å². The van der Waals surface area contributed by atoms with Gasteiger partial charge in [0.05, 0.1) is 6.54 Å². The molecule has 7 heteroatoms. The van der Waals surface area contributed by atoms with Crippen molar-refractivity contribution in [1.29, 1.82) is 0 Å². The predicted molar refractivity (Wildman–Crippen MR) is 122 cm³/mol. The summed E-state index contributed by atoms with van der Waals surface area (Å²) >= 11 is 1.89. The molecule has 1 aliphatic carbocycles. The number of aliphatic imine (C=N–C) groups is 1. The number of hydrogen-bond acceptors (Lipinski definition) is 4. The van der Waals surface area contributed by atoms with E-state index in [0.29, 0.717) is 0 Å². The molecule has 1 saturated heterocycles. The summed E-state index contributed by atoms with van der Waals surface area (Å²) in [7, 11) is 0. The Morgan fingerprint density at radius 3 is 2.55 bits per heavy atom. The number of hydrogen-bond donors (Lipinski definition) is 2. The van der Waals surface area contributed by atoms with Crippen molar-refractivity contribution >= 4 is 23.2 Å². The molecule has 0 radical (unpaired) electrons. The van der Waals surface area contributed by atoms with Crippen LogP contribution in [-0.4, -0.2) is 74.0 Å². The minimum atomic E-state index is 0.187. The maximum absolute atomic E-state index is 11.5. The third-order valence-electron chi connectivity index (χ3n) is 6.28. The number of guanidine groups is 1. The van der Waals surface area contributed by atoms with Crippen molar-refractivity contribution in [2.45, 2.75) is 51.4 Å². The molecule has 1 aromatic rings. The quantitative estimate of drug-likeness (QED) is 0.527. The fraction of sp³-hybridized carbons (Fsp3) is 0.727. The summed E-state index contributed by atoms with van der Waals surface area (Å²) in [6, 6.07) is 4.47. The lowest BCUT2D eigenvalue weighted by Gasteiger charge is -2.35. The number of nitrogens with zero attached hydrogens (tertiary/aromatic N) is 3. The average molecular weight is 420 g/mol. The van der Waals surface area contributed by atoms with Crippen LogP contribution in [0.25, 0.3) is 0 Å². The SMILES string of the molecule is CCNC(=NCC1(c2cccs2)CCCCC1)NCCN1CCN(C(C)=O)CC1. The molecule has 0 atom stereocenters. The third-order valence-corrected chi connectivity index (χ3v) is 7.39. The molecule has 2 heterocycles. The highest BCUT2D eigenvalue weighted by Crippen LogP contribution is 2.41. The van der Waals surface area contributed by atoms with Crippen molar-refractivity contribution in [3.8, 4) is 0 Å². The molecule has 0 bridgehead atoms. The van der Waals surface area contributed by atoms with Crippen LogP contribution in [0, 0.1) is 0 Å². The molecule has 29 heavy (non-hydrogen) atoms. The summed E-state index contributed by atoms with van der Waals surface area (Å²) < 4.78 is 0. The van der Waals surface area contributed by atoms with Gasteiger partial charge in [-0.05, 0) is 31.2 Å². The second-order valence-electron chi connectivity index (χ2n) is 8.29. The lowest BCUT2D eigenvalue weighted by atomic mass is 9.73. The molecular weight excluding hydrogens is 382 g/mol. The zero-order valence-corrected chi connectivity index (χ0v) is 18.9. The van der Waals surface area contributed by atoms with Gasteiger partial charge in [0.1, 0.15) is 0 Å². The van der Waals surface area contributed by atoms with E-state index < -0.39 is 0 Å². The number of thiophene rings is 1. The van der Waals surface area contributed by atoms with Crippen LogP contribution in [0.2, 0.25) is 0 Å². The van der Waals surface area contributed by atoms with Crippen LogP contribution in [0.5, 0.6) is 0 Å². The van der Waals surface area contributed by atoms with E-state index in [-0.39, 0.29) is 11.3 Å². The van der Waals surface area contributed by atoms with E-state index in [0.717, 1.165) is 58.3 Å². The molecule has 1 aromatic heterocycles. The molecule has 3 rings (SSSR count). The number of nitrogens with one attached hydrogen (secondary N) is 2. The van der Waals surface area contributed by atoms with Crippen LogP contribution < -0.4 is 10.6 Å². The summed E-state index contributed by atoms with van der Waals surface area (Å²) in [5, 5.41) is 9.14. The first-order valence-electron chi connectivity index (χ1n) is 11.2. The van der Waals surface area contributed by atoms with E-state index in [1.54, 1.807) is 6.92 Å². The number of carbonyl (C=O) groups excluding carboxylic acids is 1. The van der Waals surface area contributed by atoms with Crippen LogP contribution in [0.1, 0.15) is 50.8 Å². The fourth-order valence-corrected chi connectivity index (χ4v) is 5.46. The Morgan fingerprint density at radius 1 is 1.17 bits per heavy atom. The van der Waals surface area contributed by atoms with Gasteiger partial charge in [-0.3, -0.25) is 14.7 Å². The van der Waals surface area contributed by atoms with Crippen molar-refractivity contribution in [3.63, 3.8) is 0 Å². The minimum absolute atomic E-state index is 0.187. The Morgan fingerprint density at radius 2 is 1.93 bits per heavy atom. The van der Waals surface area contributed by atoms with Crippen molar-refractivity contribution in [1.82, 2.24) is 20.4 Å². The zero-order chi connectivity index (χ0) is 20.5. The Balaban J connectivity index is 1.52. The topological polar surface area (TPSA) is 60.0 Å². The van der Waals surface area contributed by atoms with E-state index >= 15 is 0 Å². The van der Waals surface area contributed by atoms with Crippen LogP contribution in [0.3, 0.4) is 0 Å². The summed E-state index contributed by atoms with van der Waals surface area (Å²) in [4.78, 5) is 22.3. The van der Waals surface area contributed by atoms with Crippen molar-refractivity contribution in [3.05, 3.63) is 22.4 Å². The number of amides is 1. The number of rotatable bonds is 7. The molecular formula is C22H37N5OS. The van der Waals surface area contributed by atoms with Gasteiger partial charge in [0.2, 0.25) is 5.91 Å². The first-order valence-corrected chi connectivity index (χ1v) is 12.0. The van der Waals surface area contributed by atoms with Gasteiger partial charge in [-0.15, -0.1) is 11.3 Å². The summed E-state index contributed by atoms with van der Waals surface area (Å²) in [6.45, 7) is 10.9. The maximum atomic E-state index is 11.5. The smallest absolute Gasteiger partial charge is 0.219 e. The standard InChI is InChI=1S/C22H37N5OS/c1-3-23-21(24-11-12-26-13-15-27(16-14-26)19(2)28)25-18-22(9-5-4-6-10-22)20-8-7-17-29-20/h7-8,17H,3-6,9-16,18H2,1-2H3,(H2,23,24,25). The van der Waals surface area contributed by atoms with E-state index in [4.69, 9.17) is 4.99 Å². The van der Waals surface area contributed by atoms with Crippen molar-refractivity contribution in [2.24, 2.45) is 4.99 Å². The molecule has 162 valence electrons. The highest BCUT2D eigenvalue weighted by Gasteiger charge is 2.34. The maximum Gasteiger partial charge on any atom is 0.219 e. The van der Waals surface area contributed by atoms with Crippen LogP contribution >= 0.6 is 11.3 Å². The second kappa shape index (κ2) is 11.0. The van der Waals surface area contributed by atoms with Gasteiger partial charge >= 0.3 is 0 Å². The molecule has 0 spiro atoms. The molecule has 6 nitrogen and oxygen atoms in total. The molecule has 0 unspecified atom stereocenters. The lowest BCUT2D eigenvalue weighted by Crippen LogP contribution is -2.50. The Kier molecular flexibility index (Phi) is 8.36. The summed E-state index contributed by atoms with van der Waals surface area (Å²) in [5.74, 6) is 1.11. The van der Waals surface area contributed by atoms with E-state index in [1.165, 1.54) is 37.0 Å². The summed E-state index contributed by atoms with van der Waals surface area (Å²) in [5.41, 5.74) is 0.220. The number of piperazine rings is 1. The highest BCUT2D eigenvalue weighted by molar-refractivity contribution is 7.10.